The van der Waals surface area contributed by atoms with Crippen molar-refractivity contribution in [3.05, 3.63) is 83.9 Å². The summed E-state index contributed by atoms with van der Waals surface area (Å²) in [6.45, 7) is 2.12. The van der Waals surface area contributed by atoms with Crippen LogP contribution in [0.15, 0.2) is 72.8 Å². The molecule has 2 heterocycles. The lowest BCUT2D eigenvalue weighted by Crippen LogP contribution is -2.53. The Kier molecular flexibility index (Phi) is 4.99. The predicted molar refractivity (Wildman–Crippen MR) is 122 cm³/mol. The van der Waals surface area contributed by atoms with E-state index in [4.69, 9.17) is 0 Å². The van der Waals surface area contributed by atoms with Gasteiger partial charge in [-0.1, -0.05) is 54.6 Å². The lowest BCUT2D eigenvalue weighted by molar-refractivity contribution is 0.0498. The number of piperidine rings is 1. The maximum absolute atomic E-state index is 13.3. The van der Waals surface area contributed by atoms with Crippen LogP contribution in [0.4, 0.5) is 0 Å². The van der Waals surface area contributed by atoms with Gasteiger partial charge in [-0.25, -0.2) is 0 Å². The highest BCUT2D eigenvalue weighted by atomic mass is 32.2. The highest BCUT2D eigenvalue weighted by Gasteiger charge is 2.47. The van der Waals surface area contributed by atoms with Gasteiger partial charge in [-0.15, -0.1) is 11.8 Å². The number of rotatable bonds is 2. The third kappa shape index (κ3) is 3.27. The molecule has 0 aromatic heterocycles. The number of hydrogen-bond acceptors (Lipinski definition) is 3. The van der Waals surface area contributed by atoms with Crippen LogP contribution in [0.1, 0.15) is 33.6 Å². The molecule has 2 amide bonds. The minimum atomic E-state index is -0.192. The number of benzene rings is 3. The zero-order chi connectivity index (χ0) is 20.6. The highest BCUT2D eigenvalue weighted by molar-refractivity contribution is 8.00. The summed E-state index contributed by atoms with van der Waals surface area (Å²) in [4.78, 5) is 30.2. The number of amides is 2. The van der Waals surface area contributed by atoms with Crippen LogP contribution in [0.25, 0.3) is 10.8 Å². The molecule has 30 heavy (non-hydrogen) atoms. The fraction of sp³-hybridized carbons (Fsp3) is 0.280. The van der Waals surface area contributed by atoms with Gasteiger partial charge >= 0.3 is 0 Å². The number of carbonyl (C=O) groups is 2. The lowest BCUT2D eigenvalue weighted by Gasteiger charge is -2.44. The summed E-state index contributed by atoms with van der Waals surface area (Å²) >= 11 is 1.88. The van der Waals surface area contributed by atoms with Crippen LogP contribution in [0.5, 0.6) is 0 Å². The first-order chi connectivity index (χ1) is 14.7. The maximum Gasteiger partial charge on any atom is 0.254 e. The van der Waals surface area contributed by atoms with Gasteiger partial charge in [0.15, 0.2) is 0 Å². The average Bonchev–Trinajstić information content (AvgIpc) is 3.21. The Balaban J connectivity index is 1.34. The SMILES string of the molecule is O=C(c1cccc2ccccc12)N1CCC2(CC1)SCCN2C(=O)c1ccccc1. The van der Waals surface area contributed by atoms with Gasteiger partial charge in [0.1, 0.15) is 0 Å². The summed E-state index contributed by atoms with van der Waals surface area (Å²) < 4.78 is 0. The zero-order valence-electron chi connectivity index (χ0n) is 16.8. The molecule has 2 aliphatic heterocycles. The molecule has 0 aliphatic carbocycles. The lowest BCUT2D eigenvalue weighted by atomic mass is 9.98. The Morgan fingerprint density at radius 2 is 1.47 bits per heavy atom. The Morgan fingerprint density at radius 1 is 0.767 bits per heavy atom. The summed E-state index contributed by atoms with van der Waals surface area (Å²) in [6.07, 6.45) is 1.62. The van der Waals surface area contributed by atoms with E-state index < -0.39 is 0 Å². The van der Waals surface area contributed by atoms with Crippen LogP contribution in [-0.4, -0.2) is 51.9 Å². The minimum absolute atomic E-state index is 0.0885. The molecule has 0 radical (unpaired) electrons. The maximum atomic E-state index is 13.3. The topological polar surface area (TPSA) is 40.6 Å². The van der Waals surface area contributed by atoms with Crippen molar-refractivity contribution in [3.8, 4) is 0 Å². The van der Waals surface area contributed by atoms with Crippen molar-refractivity contribution < 1.29 is 9.59 Å². The average molecular weight is 417 g/mol. The molecule has 0 unspecified atom stereocenters. The van der Waals surface area contributed by atoms with Crippen LogP contribution in [-0.2, 0) is 0 Å². The van der Waals surface area contributed by atoms with Crippen LogP contribution < -0.4 is 0 Å². The molecule has 2 aliphatic rings. The second-order valence-corrected chi connectivity index (χ2v) is 9.39. The molecule has 2 fully saturated rings. The number of hydrogen-bond donors (Lipinski definition) is 0. The van der Waals surface area contributed by atoms with Gasteiger partial charge in [-0.05, 0) is 41.8 Å². The van der Waals surface area contributed by atoms with Crippen molar-refractivity contribution in [2.24, 2.45) is 0 Å². The molecule has 5 heteroatoms. The van der Waals surface area contributed by atoms with E-state index in [1.807, 2.05) is 94.4 Å². The second kappa shape index (κ2) is 7.80. The van der Waals surface area contributed by atoms with Crippen LogP contribution in [0, 0.1) is 0 Å². The Labute approximate surface area is 180 Å². The summed E-state index contributed by atoms with van der Waals surface area (Å²) in [7, 11) is 0. The minimum Gasteiger partial charge on any atom is -0.338 e. The number of thioether (sulfide) groups is 1. The van der Waals surface area contributed by atoms with E-state index in [0.29, 0.717) is 13.1 Å². The summed E-state index contributed by atoms with van der Waals surface area (Å²) in [5.41, 5.74) is 1.51. The second-order valence-electron chi connectivity index (χ2n) is 7.94. The summed E-state index contributed by atoms with van der Waals surface area (Å²) in [5.74, 6) is 1.15. The third-order valence-corrected chi connectivity index (χ3v) is 7.85. The van der Waals surface area contributed by atoms with E-state index in [2.05, 4.69) is 0 Å². The van der Waals surface area contributed by atoms with Crippen LogP contribution >= 0.6 is 11.8 Å². The first-order valence-electron chi connectivity index (χ1n) is 10.5. The molecular formula is C25H24N2O2S. The summed E-state index contributed by atoms with van der Waals surface area (Å²) in [5, 5.41) is 2.09. The normalized spacial score (nSPS) is 18.1. The first-order valence-corrected chi connectivity index (χ1v) is 11.4. The fourth-order valence-electron chi connectivity index (χ4n) is 4.69. The van der Waals surface area contributed by atoms with Gasteiger partial charge in [0.25, 0.3) is 11.8 Å². The van der Waals surface area contributed by atoms with E-state index in [0.717, 1.165) is 47.0 Å². The molecule has 4 nitrogen and oxygen atoms in total. The predicted octanol–water partition coefficient (Wildman–Crippen LogP) is 4.66. The van der Waals surface area contributed by atoms with Crippen molar-refractivity contribution >= 4 is 34.3 Å². The van der Waals surface area contributed by atoms with E-state index in [9.17, 15) is 9.59 Å². The van der Waals surface area contributed by atoms with Crippen molar-refractivity contribution in [2.75, 3.05) is 25.4 Å². The molecule has 3 aromatic rings. The van der Waals surface area contributed by atoms with Crippen molar-refractivity contribution in [1.82, 2.24) is 9.80 Å². The molecule has 3 aromatic carbocycles. The first kappa shape index (κ1) is 19.2. The quantitative estimate of drug-likeness (QED) is 0.610. The standard InChI is InChI=1S/C25H24N2O2S/c28-23(20-8-2-1-3-9-20)27-17-18-30-25(27)13-15-26(16-14-25)24(29)22-12-6-10-19-7-4-5-11-21(19)22/h1-12H,13-18H2. The smallest absolute Gasteiger partial charge is 0.254 e. The number of nitrogens with zero attached hydrogens (tertiary/aromatic N) is 2. The largest absolute Gasteiger partial charge is 0.338 e. The van der Waals surface area contributed by atoms with Gasteiger partial charge in [0.05, 0.1) is 4.87 Å². The third-order valence-electron chi connectivity index (χ3n) is 6.30. The van der Waals surface area contributed by atoms with E-state index >= 15 is 0 Å². The van der Waals surface area contributed by atoms with Crippen molar-refractivity contribution in [1.29, 1.82) is 0 Å². The molecule has 152 valence electrons. The Morgan fingerprint density at radius 3 is 2.27 bits per heavy atom. The van der Waals surface area contributed by atoms with E-state index in [-0.39, 0.29) is 16.7 Å². The molecule has 0 atom stereocenters. The Hall–Kier alpha value is -2.79. The monoisotopic (exact) mass is 416 g/mol. The van der Waals surface area contributed by atoms with Crippen molar-refractivity contribution in [2.45, 2.75) is 17.7 Å². The van der Waals surface area contributed by atoms with Gasteiger partial charge in [0.2, 0.25) is 0 Å². The molecule has 0 bridgehead atoms. The van der Waals surface area contributed by atoms with Crippen LogP contribution in [0.3, 0.4) is 0 Å². The summed E-state index contributed by atoms with van der Waals surface area (Å²) in [6, 6.07) is 23.5. The van der Waals surface area contributed by atoms with Gasteiger partial charge in [0, 0.05) is 36.5 Å². The van der Waals surface area contributed by atoms with E-state index in [1.165, 1.54) is 0 Å². The highest BCUT2D eigenvalue weighted by Crippen LogP contribution is 2.44. The van der Waals surface area contributed by atoms with Gasteiger partial charge in [-0.2, -0.15) is 0 Å². The van der Waals surface area contributed by atoms with Crippen LogP contribution in [0.2, 0.25) is 0 Å². The molecular weight excluding hydrogens is 392 g/mol. The molecule has 0 saturated carbocycles. The fourth-order valence-corrected chi connectivity index (χ4v) is 6.14. The van der Waals surface area contributed by atoms with Gasteiger partial charge in [-0.3, -0.25) is 9.59 Å². The Bertz CT molecular complexity index is 1090. The molecule has 1 spiro atoms. The number of fused-ring (bicyclic) bond motifs is 1. The molecule has 5 rings (SSSR count). The number of likely N-dealkylation sites (tertiary alicyclic amines) is 1. The van der Waals surface area contributed by atoms with Gasteiger partial charge < -0.3 is 9.80 Å². The van der Waals surface area contributed by atoms with E-state index in [1.54, 1.807) is 0 Å². The zero-order valence-corrected chi connectivity index (χ0v) is 17.6. The molecule has 0 N–H and O–H groups in total. The number of carbonyl (C=O) groups excluding carboxylic acids is 2. The molecule has 2 saturated heterocycles. The van der Waals surface area contributed by atoms with Crippen molar-refractivity contribution in [3.63, 3.8) is 0 Å².